The normalized spacial score (nSPS) is 11.0. The minimum absolute atomic E-state index is 0.137. The lowest BCUT2D eigenvalue weighted by Crippen LogP contribution is -2.24. The van der Waals surface area contributed by atoms with Crippen molar-refractivity contribution >= 4 is 113 Å². The van der Waals surface area contributed by atoms with E-state index in [-0.39, 0.29) is 36.7 Å². The number of aryl methyl sites for hydroxylation is 2. The fourth-order valence-corrected chi connectivity index (χ4v) is 8.35. The number of nitrogens with one attached hydrogen (secondary N) is 1. The molecular formula is C46H41ClI2N8O7. The minimum Gasteiger partial charge on any atom is -0.465 e. The van der Waals surface area contributed by atoms with E-state index in [1.807, 2.05) is 50.2 Å². The van der Waals surface area contributed by atoms with Crippen LogP contribution in [-0.4, -0.2) is 67.3 Å². The molecule has 15 nitrogen and oxygen atoms in total. The molecule has 0 aliphatic rings. The highest BCUT2D eigenvalue weighted by atomic mass is 127. The molecule has 0 fully saturated rings. The summed E-state index contributed by atoms with van der Waals surface area (Å²) in [6, 6.07) is 22.0. The van der Waals surface area contributed by atoms with E-state index < -0.39 is 11.5 Å². The number of ether oxygens (including phenoxy) is 2. The Kier molecular flexibility index (Phi) is 15.4. The maximum Gasteiger partial charge on any atom is 0.337 e. The molecule has 0 spiro atoms. The number of amides is 1. The van der Waals surface area contributed by atoms with Crippen LogP contribution in [0.15, 0.2) is 95.8 Å². The summed E-state index contributed by atoms with van der Waals surface area (Å²) in [6.07, 6.45) is 5.29. The zero-order valence-electron chi connectivity index (χ0n) is 35.4. The second-order valence-electron chi connectivity index (χ2n) is 14.8. The molecule has 0 atom stereocenters. The lowest BCUT2D eigenvalue weighted by Gasteiger charge is -2.20. The number of aliphatic hydroxyl groups is 1. The molecular weight excluding hydrogens is 1070 g/mol. The number of pyridine rings is 4. The average Bonchev–Trinajstić information content (AvgIpc) is 3.73. The van der Waals surface area contributed by atoms with E-state index in [1.165, 1.54) is 14.2 Å². The molecule has 0 radical (unpaired) electrons. The third-order valence-electron chi connectivity index (χ3n) is 9.64. The first-order valence-electron chi connectivity index (χ1n) is 19.3. The van der Waals surface area contributed by atoms with Gasteiger partial charge in [0.25, 0.3) is 0 Å². The first-order valence-corrected chi connectivity index (χ1v) is 21.9. The van der Waals surface area contributed by atoms with Crippen molar-refractivity contribution in [2.24, 2.45) is 0 Å². The van der Waals surface area contributed by atoms with Crippen molar-refractivity contribution in [3.05, 3.63) is 154 Å². The number of fused-ring (bicyclic) bond motifs is 3. The Morgan fingerprint density at radius 3 is 1.95 bits per heavy atom. The number of carbonyl (C=O) groups is 3. The van der Waals surface area contributed by atoms with Gasteiger partial charge in [0, 0.05) is 59.7 Å². The number of nitrogen functional groups attached to an aromatic ring is 1. The molecule has 5 heterocycles. The van der Waals surface area contributed by atoms with Gasteiger partial charge in [-0.1, -0.05) is 29.8 Å². The minimum atomic E-state index is -1.12. The topological polar surface area (TPSA) is 218 Å². The number of hydrogen-bond acceptors (Lipinski definition) is 14. The van der Waals surface area contributed by atoms with Gasteiger partial charge in [0.1, 0.15) is 5.82 Å². The fourth-order valence-electron chi connectivity index (χ4n) is 6.61. The first kappa shape index (κ1) is 47.6. The molecule has 8 rings (SSSR count). The van der Waals surface area contributed by atoms with Gasteiger partial charge in [-0.05, 0) is 144 Å². The summed E-state index contributed by atoms with van der Waals surface area (Å²) in [5.74, 6) is -0.561. The van der Waals surface area contributed by atoms with E-state index >= 15 is 0 Å². The zero-order valence-corrected chi connectivity index (χ0v) is 40.4. The second kappa shape index (κ2) is 20.7. The van der Waals surface area contributed by atoms with Gasteiger partial charge in [0.2, 0.25) is 5.89 Å². The van der Waals surface area contributed by atoms with Crippen LogP contribution in [0.25, 0.3) is 32.7 Å². The number of halogens is 3. The lowest BCUT2D eigenvalue weighted by molar-refractivity contribution is 0.0592. The van der Waals surface area contributed by atoms with Crippen molar-refractivity contribution in [1.29, 1.82) is 0 Å². The standard InChI is InChI=1S/C24H25ClN6O3.2C11H8INO2/c1-12-5-19(26)29-13(2)17(12)11-28-22(32)23-31-30-20(34-23)8-14-6-15-9-16(25)10-27-21(15)18(7-14)24(3,4)33;2*1-15-11(14)8-5-7-3-2-4-13-10(7)9(12)6-8/h5-7,9-10,33H,8,11H2,1-4H3,(H2,26,29)(H,28,32);2*2-6H,1H3. The second-order valence-corrected chi connectivity index (χ2v) is 17.5. The summed E-state index contributed by atoms with van der Waals surface area (Å²) in [5, 5.41) is 24.5. The summed E-state index contributed by atoms with van der Waals surface area (Å²) in [7, 11) is 2.76. The van der Waals surface area contributed by atoms with Gasteiger partial charge in [0.15, 0.2) is 0 Å². The third-order valence-corrected chi connectivity index (χ3v) is 11.5. The van der Waals surface area contributed by atoms with Crippen molar-refractivity contribution < 1.29 is 33.4 Å². The Morgan fingerprint density at radius 2 is 1.41 bits per heavy atom. The molecule has 1 amide bonds. The van der Waals surface area contributed by atoms with Gasteiger partial charge in [-0.3, -0.25) is 19.7 Å². The van der Waals surface area contributed by atoms with Crippen LogP contribution in [0, 0.1) is 21.0 Å². The molecule has 0 unspecified atom stereocenters. The van der Waals surface area contributed by atoms with Crippen LogP contribution in [0.5, 0.6) is 0 Å². The fraction of sp³-hybridized carbons (Fsp3) is 0.196. The molecule has 5 aromatic heterocycles. The number of anilines is 1. The molecule has 0 bridgehead atoms. The van der Waals surface area contributed by atoms with Crippen LogP contribution in [0.2, 0.25) is 5.02 Å². The van der Waals surface area contributed by atoms with Crippen LogP contribution in [0.1, 0.15) is 79.1 Å². The van der Waals surface area contributed by atoms with Crippen molar-refractivity contribution in [2.45, 2.75) is 46.3 Å². The maximum absolute atomic E-state index is 12.6. The van der Waals surface area contributed by atoms with Crippen LogP contribution in [0.4, 0.5) is 5.82 Å². The third kappa shape index (κ3) is 11.6. The highest BCUT2D eigenvalue weighted by Crippen LogP contribution is 2.31. The number of hydrogen-bond donors (Lipinski definition) is 3. The predicted octanol–water partition coefficient (Wildman–Crippen LogP) is 8.87. The van der Waals surface area contributed by atoms with Crippen LogP contribution >= 0.6 is 56.8 Å². The van der Waals surface area contributed by atoms with Gasteiger partial charge in [0.05, 0.1) is 58.9 Å². The monoisotopic (exact) mass is 1110 g/mol. The molecule has 64 heavy (non-hydrogen) atoms. The number of rotatable bonds is 8. The van der Waals surface area contributed by atoms with E-state index in [4.69, 9.17) is 21.8 Å². The molecule has 0 aliphatic heterocycles. The first-order chi connectivity index (χ1) is 30.4. The van der Waals surface area contributed by atoms with Crippen molar-refractivity contribution in [2.75, 3.05) is 20.0 Å². The molecule has 0 aliphatic carbocycles. The van der Waals surface area contributed by atoms with Gasteiger partial charge in [-0.25, -0.2) is 14.6 Å². The van der Waals surface area contributed by atoms with E-state index in [2.05, 4.69) is 90.1 Å². The van der Waals surface area contributed by atoms with E-state index in [1.54, 1.807) is 68.8 Å². The number of esters is 2. The summed E-state index contributed by atoms with van der Waals surface area (Å²) in [6.45, 7) is 7.39. The number of benzene rings is 3. The van der Waals surface area contributed by atoms with Gasteiger partial charge >= 0.3 is 23.7 Å². The summed E-state index contributed by atoms with van der Waals surface area (Å²) in [5.41, 5.74) is 12.2. The van der Waals surface area contributed by atoms with Gasteiger partial charge < -0.3 is 30.0 Å². The molecule has 328 valence electrons. The molecule has 8 aromatic rings. The Hall–Kier alpha value is -5.90. The molecule has 0 saturated heterocycles. The summed E-state index contributed by atoms with van der Waals surface area (Å²) < 4.78 is 16.9. The summed E-state index contributed by atoms with van der Waals surface area (Å²) >= 11 is 10.4. The Bertz CT molecular complexity index is 2930. The number of aromatic nitrogens is 6. The van der Waals surface area contributed by atoms with E-state index in [9.17, 15) is 19.5 Å². The highest BCUT2D eigenvalue weighted by molar-refractivity contribution is 14.1. The number of carbonyl (C=O) groups excluding carboxylic acids is 3. The van der Waals surface area contributed by atoms with Crippen LogP contribution < -0.4 is 11.1 Å². The molecule has 18 heteroatoms. The van der Waals surface area contributed by atoms with Crippen molar-refractivity contribution in [1.82, 2.24) is 35.5 Å². The van der Waals surface area contributed by atoms with E-state index in [0.717, 1.165) is 56.7 Å². The smallest absolute Gasteiger partial charge is 0.337 e. The largest absolute Gasteiger partial charge is 0.465 e. The average molecular weight is 1110 g/mol. The Morgan fingerprint density at radius 1 is 0.812 bits per heavy atom. The molecule has 3 aromatic carbocycles. The van der Waals surface area contributed by atoms with E-state index in [0.29, 0.717) is 33.0 Å². The quantitative estimate of drug-likeness (QED) is 0.0957. The number of nitrogens with two attached hydrogens (primary N) is 1. The SMILES string of the molecule is COC(=O)c1cc(I)c2ncccc2c1.COC(=O)c1cc(I)c2ncccc2c1.Cc1cc(N)nc(C)c1CNC(=O)c1nnc(Cc2cc(C(C)(C)O)c3ncc(Cl)cc3c2)o1. The Labute approximate surface area is 399 Å². The summed E-state index contributed by atoms with van der Waals surface area (Å²) in [4.78, 5) is 52.4. The maximum atomic E-state index is 12.6. The van der Waals surface area contributed by atoms with Gasteiger partial charge in [-0.15, -0.1) is 10.2 Å². The lowest BCUT2D eigenvalue weighted by atomic mass is 9.92. The van der Waals surface area contributed by atoms with Crippen molar-refractivity contribution in [3.8, 4) is 0 Å². The predicted molar refractivity (Wildman–Crippen MR) is 260 cm³/mol. The van der Waals surface area contributed by atoms with Crippen LogP contribution in [0.3, 0.4) is 0 Å². The van der Waals surface area contributed by atoms with Gasteiger partial charge in [-0.2, -0.15) is 0 Å². The Balaban J connectivity index is 0.000000186. The molecule has 4 N–H and O–H groups in total. The highest BCUT2D eigenvalue weighted by Gasteiger charge is 2.23. The zero-order chi connectivity index (χ0) is 46.3. The van der Waals surface area contributed by atoms with Crippen molar-refractivity contribution in [3.63, 3.8) is 0 Å². The number of nitrogens with zero attached hydrogens (tertiary/aromatic N) is 6. The number of methoxy groups -OCH3 is 2. The van der Waals surface area contributed by atoms with Crippen LogP contribution in [-0.2, 0) is 28.0 Å². The molecule has 0 saturated carbocycles.